The average molecular weight is 261 g/mol. The van der Waals surface area contributed by atoms with Crippen molar-refractivity contribution in [3.05, 3.63) is 28.3 Å². The van der Waals surface area contributed by atoms with Crippen molar-refractivity contribution in [1.29, 1.82) is 0 Å². The van der Waals surface area contributed by atoms with Crippen molar-refractivity contribution in [1.82, 2.24) is 5.23 Å². The minimum Gasteiger partial charge on any atom is -0.490 e. The van der Waals surface area contributed by atoms with Gasteiger partial charge in [0.2, 0.25) is 0 Å². The number of benzene rings is 1. The molecule has 0 bridgehead atoms. The molecule has 1 heterocycles. The predicted octanol–water partition coefficient (Wildman–Crippen LogP) is 1.25. The lowest BCUT2D eigenvalue weighted by atomic mass is 10.0. The van der Waals surface area contributed by atoms with Crippen molar-refractivity contribution in [2.75, 3.05) is 25.1 Å². The van der Waals surface area contributed by atoms with Gasteiger partial charge in [0.25, 0.3) is 0 Å². The van der Waals surface area contributed by atoms with Crippen molar-refractivity contribution in [3.63, 3.8) is 0 Å². The monoisotopic (exact) mass is 261 g/mol. The van der Waals surface area contributed by atoms with Crippen molar-refractivity contribution in [3.8, 4) is 5.75 Å². The molecule has 0 spiro atoms. The fraction of sp³-hybridized carbons (Fsp3) is 0.500. The minimum absolute atomic E-state index is 0.00948. The van der Waals surface area contributed by atoms with Gasteiger partial charge in [0.05, 0.1) is 12.0 Å². The second-order valence-electron chi connectivity index (χ2n) is 4.54. The summed E-state index contributed by atoms with van der Waals surface area (Å²) in [5.74, 6) is 0.293. The molecule has 1 N–H and O–H groups in total. The van der Waals surface area contributed by atoms with Crippen LogP contribution in [0.2, 0.25) is 0 Å². The standard InChI is InChI=1S/C12H16BN3O3/c1-19-12-8-10(2-3-11(12)16(17)18)15-6-4-9(14-13)5-7-15/h2-3,8-9,14H,4-7H2,1H3. The third kappa shape index (κ3) is 2.98. The summed E-state index contributed by atoms with van der Waals surface area (Å²) in [7, 11) is 6.86. The average Bonchev–Trinajstić information content (AvgIpc) is 2.46. The molecule has 1 aliphatic heterocycles. The minimum atomic E-state index is -0.437. The van der Waals surface area contributed by atoms with E-state index in [0.717, 1.165) is 31.6 Å². The van der Waals surface area contributed by atoms with Gasteiger partial charge >= 0.3 is 5.69 Å². The van der Waals surface area contributed by atoms with E-state index in [9.17, 15) is 10.1 Å². The highest BCUT2D eigenvalue weighted by Crippen LogP contribution is 2.32. The Morgan fingerprint density at radius 1 is 1.47 bits per heavy atom. The van der Waals surface area contributed by atoms with Gasteiger partial charge < -0.3 is 14.9 Å². The Hall–Kier alpha value is -1.76. The van der Waals surface area contributed by atoms with E-state index in [0.29, 0.717) is 11.8 Å². The van der Waals surface area contributed by atoms with E-state index >= 15 is 0 Å². The van der Waals surface area contributed by atoms with E-state index < -0.39 is 4.92 Å². The normalized spacial score (nSPS) is 16.4. The Morgan fingerprint density at radius 2 is 2.16 bits per heavy atom. The second-order valence-corrected chi connectivity index (χ2v) is 4.54. The molecule has 0 atom stereocenters. The molecule has 1 aromatic rings. The molecule has 6 nitrogen and oxygen atoms in total. The van der Waals surface area contributed by atoms with E-state index in [-0.39, 0.29) is 5.69 Å². The number of anilines is 1. The lowest BCUT2D eigenvalue weighted by molar-refractivity contribution is -0.385. The molecule has 7 heteroatoms. The fourth-order valence-corrected chi connectivity index (χ4v) is 2.32. The molecule has 2 radical (unpaired) electrons. The number of nitrogens with one attached hydrogen (secondary N) is 1. The van der Waals surface area contributed by atoms with Crippen LogP contribution in [0.4, 0.5) is 11.4 Å². The molecule has 1 saturated heterocycles. The first kappa shape index (κ1) is 13.7. The van der Waals surface area contributed by atoms with Crippen molar-refractivity contribution in [2.45, 2.75) is 18.9 Å². The summed E-state index contributed by atoms with van der Waals surface area (Å²) in [5.41, 5.74) is 0.933. The maximum absolute atomic E-state index is 10.8. The van der Waals surface area contributed by atoms with Crippen molar-refractivity contribution in [2.24, 2.45) is 0 Å². The second kappa shape index (κ2) is 5.92. The molecule has 1 aliphatic rings. The number of nitro groups is 1. The van der Waals surface area contributed by atoms with Crippen LogP contribution in [0.5, 0.6) is 5.75 Å². The van der Waals surface area contributed by atoms with E-state index in [1.807, 2.05) is 0 Å². The van der Waals surface area contributed by atoms with E-state index in [1.165, 1.54) is 13.2 Å². The topological polar surface area (TPSA) is 67.6 Å². The molecular weight excluding hydrogens is 245 g/mol. The highest BCUT2D eigenvalue weighted by atomic mass is 16.6. The summed E-state index contributed by atoms with van der Waals surface area (Å²) < 4.78 is 5.08. The van der Waals surface area contributed by atoms with Gasteiger partial charge in [-0.3, -0.25) is 10.1 Å². The molecule has 0 aliphatic carbocycles. The van der Waals surface area contributed by atoms with Crippen LogP contribution in [-0.4, -0.2) is 39.1 Å². The summed E-state index contributed by atoms with van der Waals surface area (Å²) in [6.45, 7) is 1.74. The number of methoxy groups -OCH3 is 1. The lowest BCUT2D eigenvalue weighted by Crippen LogP contribution is -2.41. The van der Waals surface area contributed by atoms with Crippen LogP contribution in [-0.2, 0) is 0 Å². The third-order valence-electron chi connectivity index (χ3n) is 3.46. The van der Waals surface area contributed by atoms with Gasteiger partial charge in [-0.15, -0.1) is 0 Å². The highest BCUT2D eigenvalue weighted by Gasteiger charge is 2.21. The van der Waals surface area contributed by atoms with Crippen LogP contribution in [0.3, 0.4) is 0 Å². The van der Waals surface area contributed by atoms with Crippen LogP contribution < -0.4 is 14.9 Å². The quantitative estimate of drug-likeness (QED) is 0.502. The Labute approximate surface area is 113 Å². The molecule has 2 rings (SSSR count). The summed E-state index contributed by atoms with van der Waals surface area (Å²) in [5, 5.41) is 13.6. The SMILES string of the molecule is [B]NC1CCN(c2ccc([N+](=O)[O-])c(OC)c2)CC1. The van der Waals surface area contributed by atoms with Gasteiger partial charge in [0.1, 0.15) is 0 Å². The predicted molar refractivity (Wildman–Crippen MR) is 73.8 cm³/mol. The van der Waals surface area contributed by atoms with Gasteiger partial charge in [-0.05, 0) is 24.9 Å². The van der Waals surface area contributed by atoms with E-state index in [1.54, 1.807) is 12.1 Å². The van der Waals surface area contributed by atoms with Gasteiger partial charge in [-0.25, -0.2) is 0 Å². The Kier molecular flexibility index (Phi) is 4.26. The van der Waals surface area contributed by atoms with Gasteiger partial charge in [0.15, 0.2) is 13.7 Å². The number of ether oxygens (including phenoxy) is 1. The number of piperidine rings is 1. The Bertz CT molecular complexity index is 462. The van der Waals surface area contributed by atoms with Crippen LogP contribution in [0.15, 0.2) is 18.2 Å². The van der Waals surface area contributed by atoms with Crippen LogP contribution in [0.1, 0.15) is 12.8 Å². The molecule has 0 saturated carbocycles. The Balaban J connectivity index is 2.15. The number of nitro benzene ring substituents is 1. The molecule has 1 aromatic carbocycles. The largest absolute Gasteiger partial charge is 0.490 e. The van der Waals surface area contributed by atoms with Crippen LogP contribution in [0, 0.1) is 10.1 Å². The third-order valence-corrected chi connectivity index (χ3v) is 3.46. The molecule has 0 aromatic heterocycles. The van der Waals surface area contributed by atoms with Gasteiger partial charge in [-0.1, -0.05) is 0 Å². The van der Waals surface area contributed by atoms with Crippen molar-refractivity contribution >= 4 is 19.4 Å². The summed E-state index contributed by atoms with van der Waals surface area (Å²) in [6, 6.07) is 5.31. The summed E-state index contributed by atoms with van der Waals surface area (Å²) in [4.78, 5) is 12.6. The zero-order chi connectivity index (χ0) is 13.8. The summed E-state index contributed by atoms with van der Waals surface area (Å²) >= 11 is 0. The lowest BCUT2D eigenvalue weighted by Gasteiger charge is -2.33. The van der Waals surface area contributed by atoms with E-state index in [2.05, 4.69) is 10.1 Å². The first-order chi connectivity index (χ1) is 9.15. The smallest absolute Gasteiger partial charge is 0.311 e. The number of hydrogen-bond donors (Lipinski definition) is 1. The zero-order valence-corrected chi connectivity index (χ0v) is 10.8. The molecule has 1 fully saturated rings. The molecule has 100 valence electrons. The van der Waals surface area contributed by atoms with Gasteiger partial charge in [-0.2, -0.15) is 0 Å². The highest BCUT2D eigenvalue weighted by molar-refractivity contribution is 6.04. The van der Waals surface area contributed by atoms with Crippen LogP contribution >= 0.6 is 0 Å². The fourth-order valence-electron chi connectivity index (χ4n) is 2.32. The molecule has 0 unspecified atom stereocenters. The zero-order valence-electron chi connectivity index (χ0n) is 10.8. The first-order valence-corrected chi connectivity index (χ1v) is 6.19. The molecule has 0 amide bonds. The maximum atomic E-state index is 10.8. The van der Waals surface area contributed by atoms with Crippen LogP contribution in [0.25, 0.3) is 0 Å². The van der Waals surface area contributed by atoms with Crippen molar-refractivity contribution < 1.29 is 9.66 Å². The Morgan fingerprint density at radius 3 is 2.68 bits per heavy atom. The molecule has 19 heavy (non-hydrogen) atoms. The summed E-state index contributed by atoms with van der Waals surface area (Å²) in [6.07, 6.45) is 1.91. The first-order valence-electron chi connectivity index (χ1n) is 6.19. The maximum Gasteiger partial charge on any atom is 0.311 e. The number of hydrogen-bond acceptors (Lipinski definition) is 5. The van der Waals surface area contributed by atoms with Gasteiger partial charge in [0, 0.05) is 30.9 Å². The van der Waals surface area contributed by atoms with E-state index in [4.69, 9.17) is 12.7 Å². The molecular formula is C12H16BN3O3. The number of nitrogens with zero attached hydrogens (tertiary/aromatic N) is 2. The number of rotatable bonds is 4.